The van der Waals surface area contributed by atoms with Gasteiger partial charge < -0.3 is 19.2 Å². The number of halogens is 1. The standard InChI is InChI=1S/C24H30ClN3O2/c1-17-8-5-6-12-27(17)13-7-11-26-24(29)22-15-23-21(14-18(2)30-23)28(22)16-19-9-3-4-10-20(19)25/h3-4,9-10,14-15,17H,5-8,11-13,16H2,1-2H3,(H,26,29). The summed E-state index contributed by atoms with van der Waals surface area (Å²) in [4.78, 5) is 15.5. The van der Waals surface area contributed by atoms with Crippen LogP contribution in [0, 0.1) is 6.92 Å². The van der Waals surface area contributed by atoms with Gasteiger partial charge in [0.1, 0.15) is 11.5 Å². The lowest BCUT2D eigenvalue weighted by atomic mass is 10.0. The number of likely N-dealkylation sites (tertiary alicyclic amines) is 1. The number of rotatable bonds is 7. The number of amides is 1. The van der Waals surface area contributed by atoms with E-state index in [0.717, 1.165) is 35.4 Å². The number of hydrogen-bond acceptors (Lipinski definition) is 3. The number of carbonyl (C=O) groups excluding carboxylic acids is 1. The largest absolute Gasteiger partial charge is 0.460 e. The first-order valence-corrected chi connectivity index (χ1v) is 11.3. The fourth-order valence-corrected chi connectivity index (χ4v) is 4.58. The van der Waals surface area contributed by atoms with Crippen molar-refractivity contribution in [3.05, 3.63) is 58.4 Å². The highest BCUT2D eigenvalue weighted by atomic mass is 35.5. The average Bonchev–Trinajstić information content (AvgIpc) is 3.25. The maximum atomic E-state index is 13.0. The van der Waals surface area contributed by atoms with Crippen molar-refractivity contribution in [2.75, 3.05) is 19.6 Å². The number of fused-ring (bicyclic) bond motifs is 1. The van der Waals surface area contributed by atoms with Gasteiger partial charge in [-0.25, -0.2) is 0 Å². The fraction of sp³-hybridized carbons (Fsp3) is 0.458. The molecule has 0 saturated carbocycles. The Morgan fingerprint density at radius 1 is 1.27 bits per heavy atom. The highest BCUT2D eigenvalue weighted by Crippen LogP contribution is 2.26. The second kappa shape index (κ2) is 9.27. The van der Waals surface area contributed by atoms with Crippen LogP contribution in [-0.2, 0) is 6.54 Å². The molecule has 1 aromatic carbocycles. The normalized spacial score (nSPS) is 17.5. The van der Waals surface area contributed by atoms with E-state index in [2.05, 4.69) is 17.1 Å². The number of hydrogen-bond donors (Lipinski definition) is 1. The number of nitrogens with zero attached hydrogens (tertiary/aromatic N) is 2. The molecule has 0 bridgehead atoms. The van der Waals surface area contributed by atoms with E-state index >= 15 is 0 Å². The average molecular weight is 428 g/mol. The minimum absolute atomic E-state index is 0.0715. The second-order valence-corrected chi connectivity index (χ2v) is 8.71. The molecule has 160 valence electrons. The van der Waals surface area contributed by atoms with E-state index in [-0.39, 0.29) is 5.91 Å². The van der Waals surface area contributed by atoms with Crippen LogP contribution in [0.5, 0.6) is 0 Å². The number of carbonyl (C=O) groups is 1. The lowest BCUT2D eigenvalue weighted by molar-refractivity contribution is 0.0940. The van der Waals surface area contributed by atoms with Crippen molar-refractivity contribution in [2.45, 2.75) is 52.1 Å². The topological polar surface area (TPSA) is 50.4 Å². The Labute approximate surface area is 183 Å². The zero-order valence-corrected chi connectivity index (χ0v) is 18.5. The molecular formula is C24H30ClN3O2. The summed E-state index contributed by atoms with van der Waals surface area (Å²) in [6.07, 6.45) is 4.85. The van der Waals surface area contributed by atoms with Crippen LogP contribution in [0.1, 0.15) is 54.4 Å². The highest BCUT2D eigenvalue weighted by Gasteiger charge is 2.20. The van der Waals surface area contributed by atoms with E-state index in [4.69, 9.17) is 16.0 Å². The van der Waals surface area contributed by atoms with Gasteiger partial charge in [-0.3, -0.25) is 4.79 Å². The predicted octanol–water partition coefficient (Wildman–Crippen LogP) is 5.24. The molecular weight excluding hydrogens is 398 g/mol. The van der Waals surface area contributed by atoms with E-state index < -0.39 is 0 Å². The second-order valence-electron chi connectivity index (χ2n) is 8.30. The fourth-order valence-electron chi connectivity index (χ4n) is 4.38. The van der Waals surface area contributed by atoms with E-state index in [0.29, 0.717) is 29.8 Å². The Morgan fingerprint density at radius 2 is 2.10 bits per heavy atom. The van der Waals surface area contributed by atoms with Gasteiger partial charge in [0, 0.05) is 42.8 Å². The molecule has 1 amide bonds. The van der Waals surface area contributed by atoms with E-state index in [9.17, 15) is 4.79 Å². The number of aryl methyl sites for hydroxylation is 1. The molecule has 1 N–H and O–H groups in total. The third-order valence-corrected chi connectivity index (χ3v) is 6.45. The van der Waals surface area contributed by atoms with Crippen molar-refractivity contribution >= 4 is 28.6 Å². The van der Waals surface area contributed by atoms with Gasteiger partial charge in [-0.1, -0.05) is 36.2 Å². The molecule has 0 spiro atoms. The zero-order valence-electron chi connectivity index (χ0n) is 17.8. The van der Waals surface area contributed by atoms with Crippen LogP contribution in [0.3, 0.4) is 0 Å². The van der Waals surface area contributed by atoms with Gasteiger partial charge in [-0.05, 0) is 51.3 Å². The molecule has 0 radical (unpaired) electrons. The van der Waals surface area contributed by atoms with Gasteiger partial charge in [0.05, 0.1) is 5.52 Å². The van der Waals surface area contributed by atoms with Crippen molar-refractivity contribution in [3.8, 4) is 0 Å². The number of benzene rings is 1. The van der Waals surface area contributed by atoms with Crippen LogP contribution < -0.4 is 5.32 Å². The summed E-state index contributed by atoms with van der Waals surface area (Å²) >= 11 is 6.38. The summed E-state index contributed by atoms with van der Waals surface area (Å²) < 4.78 is 7.78. The van der Waals surface area contributed by atoms with Crippen LogP contribution in [-0.4, -0.2) is 41.1 Å². The third-order valence-electron chi connectivity index (χ3n) is 6.08. The summed E-state index contributed by atoms with van der Waals surface area (Å²) in [6.45, 7) is 7.61. The minimum atomic E-state index is -0.0715. The Bertz CT molecular complexity index is 1020. The molecule has 1 atom stereocenters. The van der Waals surface area contributed by atoms with Crippen molar-refractivity contribution in [2.24, 2.45) is 0 Å². The molecule has 30 heavy (non-hydrogen) atoms. The molecule has 6 heteroatoms. The summed E-state index contributed by atoms with van der Waals surface area (Å²) in [5.74, 6) is 0.758. The van der Waals surface area contributed by atoms with Gasteiger partial charge in [0.2, 0.25) is 0 Å². The number of piperidine rings is 1. The first-order chi connectivity index (χ1) is 14.5. The Kier molecular flexibility index (Phi) is 6.49. The lowest BCUT2D eigenvalue weighted by Crippen LogP contribution is -2.39. The summed E-state index contributed by atoms with van der Waals surface area (Å²) in [5.41, 5.74) is 3.23. The maximum Gasteiger partial charge on any atom is 0.268 e. The Morgan fingerprint density at radius 3 is 2.90 bits per heavy atom. The van der Waals surface area contributed by atoms with Gasteiger partial charge >= 0.3 is 0 Å². The summed E-state index contributed by atoms with van der Waals surface area (Å²) in [7, 11) is 0. The molecule has 1 aliphatic heterocycles. The van der Waals surface area contributed by atoms with E-state index in [1.54, 1.807) is 0 Å². The monoisotopic (exact) mass is 427 g/mol. The lowest BCUT2D eigenvalue weighted by Gasteiger charge is -2.33. The summed E-state index contributed by atoms with van der Waals surface area (Å²) in [6, 6.07) is 12.2. The smallest absolute Gasteiger partial charge is 0.268 e. The minimum Gasteiger partial charge on any atom is -0.460 e. The molecule has 1 aliphatic rings. The molecule has 4 rings (SSSR count). The van der Waals surface area contributed by atoms with Crippen molar-refractivity contribution in [1.82, 2.24) is 14.8 Å². The van der Waals surface area contributed by atoms with Gasteiger partial charge in [0.25, 0.3) is 5.91 Å². The Hall–Kier alpha value is -2.24. The molecule has 3 heterocycles. The van der Waals surface area contributed by atoms with Crippen LogP contribution >= 0.6 is 11.6 Å². The number of furan rings is 1. The van der Waals surface area contributed by atoms with E-state index in [1.165, 1.54) is 25.8 Å². The number of nitrogens with one attached hydrogen (secondary N) is 1. The molecule has 2 aromatic heterocycles. The molecule has 1 saturated heterocycles. The third kappa shape index (κ3) is 4.57. The van der Waals surface area contributed by atoms with Gasteiger partial charge in [0.15, 0.2) is 5.58 Å². The van der Waals surface area contributed by atoms with Crippen LogP contribution in [0.4, 0.5) is 0 Å². The highest BCUT2D eigenvalue weighted by molar-refractivity contribution is 6.31. The van der Waals surface area contributed by atoms with Gasteiger partial charge in [-0.15, -0.1) is 0 Å². The molecule has 0 aliphatic carbocycles. The van der Waals surface area contributed by atoms with Crippen LogP contribution in [0.15, 0.2) is 40.8 Å². The maximum absolute atomic E-state index is 13.0. The van der Waals surface area contributed by atoms with Crippen LogP contribution in [0.25, 0.3) is 11.1 Å². The zero-order chi connectivity index (χ0) is 21.1. The van der Waals surface area contributed by atoms with Gasteiger partial charge in [-0.2, -0.15) is 0 Å². The molecule has 5 nitrogen and oxygen atoms in total. The number of aromatic nitrogens is 1. The quantitative estimate of drug-likeness (QED) is 0.524. The van der Waals surface area contributed by atoms with Crippen LogP contribution in [0.2, 0.25) is 5.02 Å². The predicted molar refractivity (Wildman–Crippen MR) is 121 cm³/mol. The van der Waals surface area contributed by atoms with E-state index in [1.807, 2.05) is 47.9 Å². The molecule has 1 fully saturated rings. The first kappa shape index (κ1) is 21.0. The van der Waals surface area contributed by atoms with Crippen molar-refractivity contribution in [3.63, 3.8) is 0 Å². The van der Waals surface area contributed by atoms with Crippen molar-refractivity contribution < 1.29 is 9.21 Å². The molecule has 3 aromatic rings. The SMILES string of the molecule is Cc1cc2c(cc(C(=O)NCCCN3CCCCC3C)n2Cc2ccccc2Cl)o1. The van der Waals surface area contributed by atoms with Crippen molar-refractivity contribution in [1.29, 1.82) is 0 Å². The molecule has 1 unspecified atom stereocenters. The Balaban J connectivity index is 1.45. The summed E-state index contributed by atoms with van der Waals surface area (Å²) in [5, 5.41) is 3.79. The first-order valence-electron chi connectivity index (χ1n) is 10.9.